The molecule has 5 nitrogen and oxygen atoms in total. The maximum atomic E-state index is 11.9. The molecule has 0 aromatic carbocycles. The normalized spacial score (nSPS) is 33.4. The minimum Gasteiger partial charge on any atom is -0.379 e. The van der Waals surface area contributed by atoms with Gasteiger partial charge in [0.25, 0.3) is 5.91 Å². The topological polar surface area (TPSA) is 61.8 Å². The summed E-state index contributed by atoms with van der Waals surface area (Å²) in [6.45, 7) is 3.45. The van der Waals surface area contributed by atoms with Crippen LogP contribution in [0.5, 0.6) is 0 Å². The lowest BCUT2D eigenvalue weighted by Gasteiger charge is -2.32. The lowest BCUT2D eigenvalue weighted by atomic mass is 10.0. The largest absolute Gasteiger partial charge is 0.379 e. The molecule has 0 aromatic heterocycles. The van der Waals surface area contributed by atoms with Crippen LogP contribution in [0.25, 0.3) is 0 Å². The Kier molecular flexibility index (Phi) is 2.71. The number of amides is 1. The Bertz CT molecular complexity index is 220. The lowest BCUT2D eigenvalue weighted by Crippen LogP contribution is -2.53. The third-order valence-electron chi connectivity index (χ3n) is 2.83. The van der Waals surface area contributed by atoms with Crippen molar-refractivity contribution in [2.75, 3.05) is 39.4 Å². The Morgan fingerprint density at radius 1 is 1.43 bits per heavy atom. The molecular weight excluding hydrogens is 184 g/mol. The smallest absolute Gasteiger partial charge is 0.256 e. The molecule has 80 valence electrons. The summed E-state index contributed by atoms with van der Waals surface area (Å²) in [5, 5.41) is 13.0. The van der Waals surface area contributed by atoms with Gasteiger partial charge in [0.05, 0.1) is 13.2 Å². The van der Waals surface area contributed by atoms with Crippen LogP contribution in [0, 0.1) is 0 Å². The number of aliphatic hydroxyl groups is 1. The molecule has 2 aliphatic heterocycles. The molecule has 0 aliphatic carbocycles. The van der Waals surface area contributed by atoms with E-state index >= 15 is 0 Å². The number of carbonyl (C=O) groups is 1. The summed E-state index contributed by atoms with van der Waals surface area (Å²) in [6, 6.07) is 0. The van der Waals surface area contributed by atoms with Crippen molar-refractivity contribution in [1.82, 2.24) is 10.2 Å². The van der Waals surface area contributed by atoms with Gasteiger partial charge < -0.3 is 20.1 Å². The summed E-state index contributed by atoms with van der Waals surface area (Å²) >= 11 is 0. The minimum absolute atomic E-state index is 0.147. The lowest BCUT2D eigenvalue weighted by molar-refractivity contribution is -0.153. The Hall–Kier alpha value is -0.650. The number of nitrogens with one attached hydrogen (secondary N) is 1. The van der Waals surface area contributed by atoms with Crippen LogP contribution in [0.15, 0.2) is 0 Å². The van der Waals surface area contributed by atoms with Crippen LogP contribution in [0.3, 0.4) is 0 Å². The Morgan fingerprint density at radius 2 is 2.14 bits per heavy atom. The van der Waals surface area contributed by atoms with Crippen molar-refractivity contribution in [2.24, 2.45) is 0 Å². The van der Waals surface area contributed by atoms with Crippen molar-refractivity contribution in [1.29, 1.82) is 0 Å². The van der Waals surface area contributed by atoms with Gasteiger partial charge in [-0.3, -0.25) is 4.79 Å². The van der Waals surface area contributed by atoms with Gasteiger partial charge in [-0.2, -0.15) is 0 Å². The molecule has 2 rings (SSSR count). The van der Waals surface area contributed by atoms with Gasteiger partial charge >= 0.3 is 0 Å². The molecule has 14 heavy (non-hydrogen) atoms. The zero-order valence-electron chi connectivity index (χ0n) is 8.16. The van der Waals surface area contributed by atoms with Gasteiger partial charge in [-0.05, 0) is 13.0 Å². The number of rotatable bonds is 1. The first-order chi connectivity index (χ1) is 6.72. The Morgan fingerprint density at radius 3 is 2.71 bits per heavy atom. The highest BCUT2D eigenvalue weighted by Crippen LogP contribution is 2.18. The molecule has 2 aliphatic rings. The van der Waals surface area contributed by atoms with Crippen molar-refractivity contribution in [3.63, 3.8) is 0 Å². The van der Waals surface area contributed by atoms with Crippen LogP contribution >= 0.6 is 0 Å². The van der Waals surface area contributed by atoms with Gasteiger partial charge in [-0.1, -0.05) is 0 Å². The van der Waals surface area contributed by atoms with Crippen molar-refractivity contribution in [3.8, 4) is 0 Å². The van der Waals surface area contributed by atoms with E-state index in [2.05, 4.69) is 5.32 Å². The maximum Gasteiger partial charge on any atom is 0.256 e. The summed E-state index contributed by atoms with van der Waals surface area (Å²) in [6.07, 6.45) is 0.517. The van der Waals surface area contributed by atoms with Crippen LogP contribution in [-0.2, 0) is 9.53 Å². The van der Waals surface area contributed by atoms with E-state index in [1.807, 2.05) is 0 Å². The molecule has 1 amide bonds. The minimum atomic E-state index is -1.17. The molecule has 1 unspecified atom stereocenters. The summed E-state index contributed by atoms with van der Waals surface area (Å²) in [7, 11) is 0. The summed E-state index contributed by atoms with van der Waals surface area (Å²) in [5.41, 5.74) is -1.17. The van der Waals surface area contributed by atoms with Gasteiger partial charge in [0, 0.05) is 19.6 Å². The fraction of sp³-hybridized carbons (Fsp3) is 0.889. The molecule has 0 spiro atoms. The van der Waals surface area contributed by atoms with Crippen molar-refractivity contribution >= 4 is 5.91 Å². The summed E-state index contributed by atoms with van der Waals surface area (Å²) < 4.78 is 5.15. The van der Waals surface area contributed by atoms with Crippen LogP contribution < -0.4 is 5.32 Å². The van der Waals surface area contributed by atoms with E-state index in [0.29, 0.717) is 45.8 Å². The van der Waals surface area contributed by atoms with Crippen LogP contribution in [-0.4, -0.2) is 60.9 Å². The fourth-order valence-electron chi connectivity index (χ4n) is 1.92. The summed E-state index contributed by atoms with van der Waals surface area (Å²) in [4.78, 5) is 13.6. The van der Waals surface area contributed by atoms with Crippen molar-refractivity contribution < 1.29 is 14.6 Å². The van der Waals surface area contributed by atoms with Gasteiger partial charge in [0.1, 0.15) is 0 Å². The van der Waals surface area contributed by atoms with Crippen molar-refractivity contribution in [2.45, 2.75) is 12.0 Å². The van der Waals surface area contributed by atoms with E-state index in [4.69, 9.17) is 4.74 Å². The molecule has 2 N–H and O–H groups in total. The Labute approximate surface area is 83.0 Å². The maximum absolute atomic E-state index is 11.9. The second-order valence-electron chi connectivity index (χ2n) is 3.86. The molecule has 5 heteroatoms. The zero-order chi connectivity index (χ0) is 10.0. The number of hydrogen-bond acceptors (Lipinski definition) is 4. The first-order valence-corrected chi connectivity index (χ1v) is 5.03. The molecule has 2 heterocycles. The predicted molar refractivity (Wildman–Crippen MR) is 49.8 cm³/mol. The average Bonchev–Trinajstić information content (AvgIpc) is 2.67. The standard InChI is InChI=1S/C9H16N2O3/c12-8(9(13)1-2-10-7-9)11-3-5-14-6-4-11/h10,13H,1-7H2. The summed E-state index contributed by atoms with van der Waals surface area (Å²) in [5.74, 6) is -0.147. The number of hydrogen-bond donors (Lipinski definition) is 2. The number of β-amino-alcohol motifs (C(OH)–C–C–N with tert-alkyl or cyclic N) is 1. The predicted octanol–water partition coefficient (Wildman–Crippen LogP) is -1.43. The van der Waals surface area contributed by atoms with Gasteiger partial charge in [-0.25, -0.2) is 0 Å². The molecule has 2 saturated heterocycles. The third-order valence-corrected chi connectivity index (χ3v) is 2.83. The number of morpholine rings is 1. The molecule has 2 fully saturated rings. The van der Waals surface area contributed by atoms with Crippen molar-refractivity contribution in [3.05, 3.63) is 0 Å². The number of ether oxygens (including phenoxy) is 1. The highest BCUT2D eigenvalue weighted by Gasteiger charge is 2.41. The third kappa shape index (κ3) is 1.75. The first kappa shape index (κ1) is 9.89. The first-order valence-electron chi connectivity index (χ1n) is 5.03. The molecule has 0 saturated carbocycles. The van der Waals surface area contributed by atoms with Crippen LogP contribution in [0.4, 0.5) is 0 Å². The Balaban J connectivity index is 1.98. The second kappa shape index (κ2) is 3.84. The van der Waals surface area contributed by atoms with E-state index in [-0.39, 0.29) is 5.91 Å². The SMILES string of the molecule is O=C(N1CCOCC1)C1(O)CCNC1. The monoisotopic (exact) mass is 200 g/mol. The van der Waals surface area contributed by atoms with Gasteiger partial charge in [0.15, 0.2) is 5.60 Å². The quantitative estimate of drug-likeness (QED) is 0.545. The van der Waals surface area contributed by atoms with E-state index in [9.17, 15) is 9.90 Å². The fourth-order valence-corrected chi connectivity index (χ4v) is 1.92. The zero-order valence-corrected chi connectivity index (χ0v) is 8.16. The average molecular weight is 200 g/mol. The van der Waals surface area contributed by atoms with E-state index in [1.54, 1.807) is 4.90 Å². The van der Waals surface area contributed by atoms with Crippen LogP contribution in [0.1, 0.15) is 6.42 Å². The molecule has 0 bridgehead atoms. The molecule has 1 atom stereocenters. The van der Waals surface area contributed by atoms with Crippen LogP contribution in [0.2, 0.25) is 0 Å². The molecular formula is C9H16N2O3. The highest BCUT2D eigenvalue weighted by molar-refractivity contribution is 5.85. The number of carbonyl (C=O) groups excluding carboxylic acids is 1. The van der Waals surface area contributed by atoms with Gasteiger partial charge in [-0.15, -0.1) is 0 Å². The molecule has 0 radical (unpaired) electrons. The van der Waals surface area contributed by atoms with E-state index in [1.165, 1.54) is 0 Å². The number of nitrogens with zero attached hydrogens (tertiary/aromatic N) is 1. The second-order valence-corrected chi connectivity index (χ2v) is 3.86. The van der Waals surface area contributed by atoms with E-state index in [0.717, 1.165) is 0 Å². The van der Waals surface area contributed by atoms with Gasteiger partial charge in [0.2, 0.25) is 0 Å². The highest BCUT2D eigenvalue weighted by atomic mass is 16.5. The van der Waals surface area contributed by atoms with E-state index < -0.39 is 5.60 Å². The molecule has 0 aromatic rings.